The fourth-order valence-electron chi connectivity index (χ4n) is 5.70. The second kappa shape index (κ2) is 8.12. The van der Waals surface area contributed by atoms with Crippen molar-refractivity contribution in [2.45, 2.75) is 51.8 Å². The van der Waals surface area contributed by atoms with Gasteiger partial charge < -0.3 is 19.1 Å². The summed E-state index contributed by atoms with van der Waals surface area (Å²) in [5, 5.41) is 0. The molecule has 0 spiro atoms. The van der Waals surface area contributed by atoms with Gasteiger partial charge in [-0.05, 0) is 43.5 Å². The monoisotopic (exact) mass is 480 g/mol. The Labute approximate surface area is 201 Å². The fraction of sp³-hybridized carbons (Fsp3) is 0.423. The van der Waals surface area contributed by atoms with E-state index in [0.717, 1.165) is 11.1 Å². The van der Waals surface area contributed by atoms with E-state index in [1.807, 2.05) is 25.1 Å². The van der Waals surface area contributed by atoms with E-state index in [1.54, 1.807) is 14.4 Å². The van der Waals surface area contributed by atoms with E-state index >= 15 is 8.78 Å². The third-order valence-corrected chi connectivity index (χ3v) is 7.42. The third kappa shape index (κ3) is 3.52. The van der Waals surface area contributed by atoms with Crippen LogP contribution in [-0.4, -0.2) is 58.1 Å². The zero-order chi connectivity index (χ0) is 24.4. The number of benzene rings is 2. The van der Waals surface area contributed by atoms with E-state index in [1.165, 1.54) is 13.0 Å². The first kappa shape index (κ1) is 22.2. The first-order valence-corrected chi connectivity index (χ1v) is 12.0. The number of fused-ring (bicyclic) bond motifs is 4. The lowest BCUT2D eigenvalue weighted by molar-refractivity contribution is -0.136. The Kier molecular flexibility index (Phi) is 5.14. The van der Waals surface area contributed by atoms with Gasteiger partial charge in [-0.1, -0.05) is 6.07 Å². The minimum Gasteiger partial charge on any atom is -0.373 e. The minimum atomic E-state index is -0.746. The molecule has 2 atom stereocenters. The Morgan fingerprint density at radius 2 is 2.09 bits per heavy atom. The van der Waals surface area contributed by atoms with Crippen LogP contribution in [0.4, 0.5) is 14.5 Å². The number of imidazole rings is 1. The van der Waals surface area contributed by atoms with E-state index in [4.69, 9.17) is 4.74 Å². The Morgan fingerprint density at radius 3 is 2.89 bits per heavy atom. The molecule has 3 aliphatic heterocycles. The maximum atomic E-state index is 16.0. The van der Waals surface area contributed by atoms with Gasteiger partial charge in [0.15, 0.2) is 0 Å². The molecule has 1 unspecified atom stereocenters. The van der Waals surface area contributed by atoms with Gasteiger partial charge in [0, 0.05) is 38.0 Å². The maximum absolute atomic E-state index is 16.0. The smallest absolute Gasteiger partial charge is 0.227 e. The molecule has 182 valence electrons. The van der Waals surface area contributed by atoms with Gasteiger partial charge in [-0.3, -0.25) is 9.59 Å². The van der Waals surface area contributed by atoms with Crippen molar-refractivity contribution in [1.29, 1.82) is 0 Å². The van der Waals surface area contributed by atoms with Crippen LogP contribution in [0.15, 0.2) is 24.3 Å². The number of rotatable bonds is 3. The number of nitrogens with zero attached hydrogens (tertiary/aromatic N) is 4. The van der Waals surface area contributed by atoms with Gasteiger partial charge in [-0.15, -0.1) is 0 Å². The summed E-state index contributed by atoms with van der Waals surface area (Å²) in [7, 11) is 0. The molecular weight excluding hydrogens is 454 g/mol. The molecule has 4 heterocycles. The summed E-state index contributed by atoms with van der Waals surface area (Å²) in [6.45, 7) is 5.07. The number of ether oxygens (including phenoxy) is 1. The molecule has 3 aromatic rings. The van der Waals surface area contributed by atoms with E-state index < -0.39 is 11.6 Å². The molecule has 2 saturated heterocycles. The second-order valence-corrected chi connectivity index (χ2v) is 9.70. The predicted molar refractivity (Wildman–Crippen MR) is 126 cm³/mol. The average molecular weight is 481 g/mol. The first-order valence-electron chi connectivity index (χ1n) is 12.0. The van der Waals surface area contributed by atoms with Gasteiger partial charge in [0.25, 0.3) is 0 Å². The van der Waals surface area contributed by atoms with E-state index in [2.05, 4.69) is 4.98 Å². The normalized spacial score (nSPS) is 21.7. The summed E-state index contributed by atoms with van der Waals surface area (Å²) in [5.74, 6) is -1.34. The topological polar surface area (TPSA) is 67.7 Å². The summed E-state index contributed by atoms with van der Waals surface area (Å²) >= 11 is 0. The molecule has 2 fully saturated rings. The molecule has 0 radical (unpaired) electrons. The number of anilines is 1. The van der Waals surface area contributed by atoms with Crippen LogP contribution in [-0.2, 0) is 27.3 Å². The van der Waals surface area contributed by atoms with Gasteiger partial charge in [0.2, 0.25) is 11.8 Å². The highest BCUT2D eigenvalue weighted by Crippen LogP contribution is 2.44. The number of aromatic nitrogens is 2. The Bertz CT molecular complexity index is 1380. The van der Waals surface area contributed by atoms with Crippen molar-refractivity contribution >= 4 is 28.5 Å². The number of amides is 2. The molecule has 0 aliphatic carbocycles. The summed E-state index contributed by atoms with van der Waals surface area (Å²) in [6, 6.07) is 6.88. The van der Waals surface area contributed by atoms with Crippen LogP contribution in [0, 0.1) is 18.6 Å². The summed E-state index contributed by atoms with van der Waals surface area (Å²) in [5.41, 5.74) is 2.87. The molecule has 35 heavy (non-hydrogen) atoms. The molecule has 2 amide bonds. The standard InChI is InChI=1S/C26H26F2N4O3/c1-14-3-5-21-20(9-14)29-26(31(21)13-17-12-30(15(2)33)7-8-35-17)24-19(27)11-22-18(25(24)28)10-16-4-6-23(34)32(16)22/h3,5,9,11,16-17H,4,6-8,10,12-13H2,1-2H3/t16?,17-/m1/s1. The van der Waals surface area contributed by atoms with Crippen molar-refractivity contribution in [3.63, 3.8) is 0 Å². The molecule has 2 aromatic carbocycles. The highest BCUT2D eigenvalue weighted by molar-refractivity contribution is 5.99. The van der Waals surface area contributed by atoms with Crippen molar-refractivity contribution in [3.05, 3.63) is 47.0 Å². The van der Waals surface area contributed by atoms with Crippen LogP contribution in [0.25, 0.3) is 22.4 Å². The second-order valence-electron chi connectivity index (χ2n) is 9.70. The van der Waals surface area contributed by atoms with Crippen molar-refractivity contribution in [2.24, 2.45) is 0 Å². The molecule has 3 aliphatic rings. The van der Waals surface area contributed by atoms with Crippen LogP contribution in [0.5, 0.6) is 0 Å². The molecule has 9 heteroatoms. The maximum Gasteiger partial charge on any atom is 0.227 e. The average Bonchev–Trinajstić information content (AvgIpc) is 3.47. The predicted octanol–water partition coefficient (Wildman–Crippen LogP) is 3.59. The van der Waals surface area contributed by atoms with Gasteiger partial charge in [-0.25, -0.2) is 13.8 Å². The third-order valence-electron chi connectivity index (χ3n) is 7.42. The Hall–Kier alpha value is -3.33. The Morgan fingerprint density at radius 1 is 1.26 bits per heavy atom. The number of hydrogen-bond acceptors (Lipinski definition) is 4. The van der Waals surface area contributed by atoms with Crippen molar-refractivity contribution in [2.75, 3.05) is 24.6 Å². The number of hydrogen-bond donors (Lipinski definition) is 0. The van der Waals surface area contributed by atoms with Crippen LogP contribution < -0.4 is 4.90 Å². The van der Waals surface area contributed by atoms with E-state index in [-0.39, 0.29) is 35.3 Å². The molecule has 0 N–H and O–H groups in total. The van der Waals surface area contributed by atoms with Crippen LogP contribution in [0.1, 0.15) is 30.9 Å². The largest absolute Gasteiger partial charge is 0.373 e. The minimum absolute atomic E-state index is 0.0320. The number of carbonyl (C=O) groups is 2. The van der Waals surface area contributed by atoms with Gasteiger partial charge in [0.1, 0.15) is 17.5 Å². The van der Waals surface area contributed by atoms with E-state index in [0.29, 0.717) is 62.3 Å². The molecule has 7 nitrogen and oxygen atoms in total. The fourth-order valence-corrected chi connectivity index (χ4v) is 5.70. The molecular formula is C26H26F2N4O3. The quantitative estimate of drug-likeness (QED) is 0.575. The van der Waals surface area contributed by atoms with Crippen molar-refractivity contribution < 1.29 is 23.1 Å². The zero-order valence-electron chi connectivity index (χ0n) is 19.7. The highest BCUT2D eigenvalue weighted by Gasteiger charge is 2.42. The zero-order valence-corrected chi connectivity index (χ0v) is 19.7. The van der Waals surface area contributed by atoms with Gasteiger partial charge in [0.05, 0.1) is 41.5 Å². The number of halogens is 2. The lowest BCUT2D eigenvalue weighted by Crippen LogP contribution is -2.46. The van der Waals surface area contributed by atoms with Crippen molar-refractivity contribution in [1.82, 2.24) is 14.5 Å². The van der Waals surface area contributed by atoms with Crippen LogP contribution >= 0.6 is 0 Å². The number of aryl methyl sites for hydroxylation is 1. The summed E-state index contributed by atoms with van der Waals surface area (Å²) in [6.07, 6.45) is 1.09. The summed E-state index contributed by atoms with van der Waals surface area (Å²) in [4.78, 5) is 32.2. The SMILES string of the molecule is CC(=O)N1CCO[C@@H](Cn2c(-c3c(F)cc4c(c3F)CC3CCC(=O)N43)nc3cc(C)ccc32)C1. The highest BCUT2D eigenvalue weighted by atomic mass is 19.1. The van der Waals surface area contributed by atoms with E-state index in [9.17, 15) is 9.59 Å². The van der Waals surface area contributed by atoms with Crippen LogP contribution in [0.2, 0.25) is 0 Å². The molecule has 0 saturated carbocycles. The number of morpholine rings is 1. The first-order chi connectivity index (χ1) is 16.8. The molecule has 1 aromatic heterocycles. The Balaban J connectivity index is 1.47. The lowest BCUT2D eigenvalue weighted by atomic mass is 10.0. The number of carbonyl (C=O) groups excluding carboxylic acids is 2. The lowest BCUT2D eigenvalue weighted by Gasteiger charge is -2.32. The molecule has 6 rings (SSSR count). The van der Waals surface area contributed by atoms with Crippen molar-refractivity contribution in [3.8, 4) is 11.4 Å². The summed E-state index contributed by atoms with van der Waals surface area (Å²) < 4.78 is 39.3. The van der Waals surface area contributed by atoms with Crippen LogP contribution in [0.3, 0.4) is 0 Å². The molecule has 0 bridgehead atoms. The van der Waals surface area contributed by atoms with Gasteiger partial charge >= 0.3 is 0 Å². The van der Waals surface area contributed by atoms with Gasteiger partial charge in [-0.2, -0.15) is 0 Å².